The van der Waals surface area contributed by atoms with Gasteiger partial charge in [-0.15, -0.1) is 0 Å². The van der Waals surface area contributed by atoms with Gasteiger partial charge in [-0.2, -0.15) is 0 Å². The summed E-state index contributed by atoms with van der Waals surface area (Å²) >= 11 is 0. The molecule has 142 valence electrons. The molecule has 2 rings (SSSR count). The van der Waals surface area contributed by atoms with Crippen LogP contribution in [0.2, 0.25) is 0 Å². The Morgan fingerprint density at radius 3 is 2.15 bits per heavy atom. The summed E-state index contributed by atoms with van der Waals surface area (Å²) in [6.07, 6.45) is -0.720. The van der Waals surface area contributed by atoms with Crippen molar-refractivity contribution in [2.24, 2.45) is 0 Å². The minimum absolute atomic E-state index is 0.209. The Hall–Kier alpha value is -1.75. The summed E-state index contributed by atoms with van der Waals surface area (Å²) in [4.78, 5) is 4.37. The lowest BCUT2D eigenvalue weighted by Gasteiger charge is -2.31. The second-order valence-corrected chi connectivity index (χ2v) is 8.60. The first-order valence-corrected chi connectivity index (χ1v) is 10.2. The van der Waals surface area contributed by atoms with Crippen LogP contribution in [0.5, 0.6) is 0 Å². The molecule has 5 nitrogen and oxygen atoms in total. The molecule has 1 unspecified atom stereocenters. The summed E-state index contributed by atoms with van der Waals surface area (Å²) in [6, 6.07) is 11.6. The van der Waals surface area contributed by atoms with E-state index in [1.807, 2.05) is 19.1 Å². The SMILES string of the molecule is Cc1cccc(NC(c2ccccc2F)P(=O)(OC(C)C)OC(C)C)n1. The van der Waals surface area contributed by atoms with Gasteiger partial charge in [0.15, 0.2) is 5.78 Å². The van der Waals surface area contributed by atoms with E-state index < -0.39 is 19.2 Å². The van der Waals surface area contributed by atoms with Crippen molar-refractivity contribution in [3.05, 3.63) is 59.5 Å². The number of pyridine rings is 1. The van der Waals surface area contributed by atoms with Gasteiger partial charge in [-0.05, 0) is 52.8 Å². The van der Waals surface area contributed by atoms with Crippen molar-refractivity contribution in [2.75, 3.05) is 5.32 Å². The molecule has 0 bridgehead atoms. The fraction of sp³-hybridized carbons (Fsp3) is 0.421. The monoisotopic (exact) mass is 380 g/mol. The van der Waals surface area contributed by atoms with Crippen LogP contribution in [-0.2, 0) is 13.6 Å². The fourth-order valence-electron chi connectivity index (χ4n) is 2.52. The molecule has 0 spiro atoms. The molecule has 7 heteroatoms. The van der Waals surface area contributed by atoms with E-state index in [9.17, 15) is 8.96 Å². The average molecular weight is 380 g/mol. The molecule has 0 aliphatic carbocycles. The highest BCUT2D eigenvalue weighted by Crippen LogP contribution is 2.62. The molecule has 0 aliphatic rings. The maximum atomic E-state index is 14.5. The van der Waals surface area contributed by atoms with E-state index in [0.717, 1.165) is 5.69 Å². The lowest BCUT2D eigenvalue weighted by Crippen LogP contribution is -2.20. The molecule has 1 N–H and O–H groups in total. The van der Waals surface area contributed by atoms with Crippen LogP contribution in [0.3, 0.4) is 0 Å². The van der Waals surface area contributed by atoms with Crippen LogP contribution < -0.4 is 5.32 Å². The van der Waals surface area contributed by atoms with E-state index in [1.165, 1.54) is 6.07 Å². The number of rotatable bonds is 8. The van der Waals surface area contributed by atoms with Crippen LogP contribution in [0, 0.1) is 12.7 Å². The van der Waals surface area contributed by atoms with Gasteiger partial charge in [0.1, 0.15) is 11.6 Å². The first-order chi connectivity index (χ1) is 12.2. The van der Waals surface area contributed by atoms with Crippen molar-refractivity contribution in [2.45, 2.75) is 52.6 Å². The highest BCUT2D eigenvalue weighted by molar-refractivity contribution is 7.54. The van der Waals surface area contributed by atoms with E-state index in [-0.39, 0.29) is 17.8 Å². The smallest absolute Gasteiger partial charge is 0.353 e. The van der Waals surface area contributed by atoms with Gasteiger partial charge in [-0.3, -0.25) is 4.57 Å². The molecular formula is C19H26FN2O3P. The summed E-state index contributed by atoms with van der Waals surface area (Å²) in [6.45, 7) is 8.90. The lowest BCUT2D eigenvalue weighted by atomic mass is 10.2. The van der Waals surface area contributed by atoms with Crippen LogP contribution >= 0.6 is 7.60 Å². The zero-order chi connectivity index (χ0) is 19.3. The third-order valence-corrected chi connectivity index (χ3v) is 5.88. The van der Waals surface area contributed by atoms with Gasteiger partial charge in [0.05, 0.1) is 12.2 Å². The van der Waals surface area contributed by atoms with Crippen LogP contribution in [-0.4, -0.2) is 17.2 Å². The van der Waals surface area contributed by atoms with Gasteiger partial charge in [0, 0.05) is 11.3 Å². The van der Waals surface area contributed by atoms with E-state index in [2.05, 4.69) is 10.3 Å². The molecular weight excluding hydrogens is 354 g/mol. The average Bonchev–Trinajstić information content (AvgIpc) is 2.52. The summed E-state index contributed by atoms with van der Waals surface area (Å²) < 4.78 is 39.6. The molecule has 0 aliphatic heterocycles. The van der Waals surface area contributed by atoms with E-state index >= 15 is 0 Å². The Kier molecular flexibility index (Phi) is 6.93. The number of hydrogen-bond donors (Lipinski definition) is 1. The molecule has 1 aromatic carbocycles. The molecule has 0 saturated carbocycles. The standard InChI is InChI=1S/C19H26FN2O3P/c1-13(2)24-26(23,25-14(3)4)19(16-10-6-7-11-17(16)20)22-18-12-8-9-15(5)21-18/h6-14,19H,1-5H3,(H,21,22). The largest absolute Gasteiger partial charge is 0.357 e. The zero-order valence-electron chi connectivity index (χ0n) is 15.8. The molecule has 1 atom stereocenters. The van der Waals surface area contributed by atoms with Gasteiger partial charge in [0.2, 0.25) is 0 Å². The number of halogens is 1. The highest BCUT2D eigenvalue weighted by atomic mass is 31.2. The van der Waals surface area contributed by atoms with Gasteiger partial charge in [0.25, 0.3) is 0 Å². The highest BCUT2D eigenvalue weighted by Gasteiger charge is 2.41. The number of nitrogens with one attached hydrogen (secondary N) is 1. The summed E-state index contributed by atoms with van der Waals surface area (Å²) in [5.74, 6) is -1.04. The Morgan fingerprint density at radius 2 is 1.62 bits per heavy atom. The Bertz CT molecular complexity index is 769. The maximum absolute atomic E-state index is 14.5. The molecule has 0 fully saturated rings. The van der Waals surface area contributed by atoms with Gasteiger partial charge < -0.3 is 14.4 Å². The maximum Gasteiger partial charge on any atom is 0.357 e. The van der Waals surface area contributed by atoms with Crippen molar-refractivity contribution in [1.29, 1.82) is 0 Å². The first kappa shape index (κ1) is 20.6. The Labute approximate surface area is 154 Å². The Balaban J connectivity index is 2.53. The van der Waals surface area contributed by atoms with Crippen molar-refractivity contribution >= 4 is 13.4 Å². The van der Waals surface area contributed by atoms with Crippen LogP contribution in [0.15, 0.2) is 42.5 Å². The molecule has 1 heterocycles. The summed E-state index contributed by atoms with van der Waals surface area (Å²) in [5.41, 5.74) is 0.993. The number of aryl methyl sites for hydroxylation is 1. The Morgan fingerprint density at radius 1 is 1.00 bits per heavy atom. The number of hydrogen-bond acceptors (Lipinski definition) is 5. The summed E-state index contributed by atoms with van der Waals surface area (Å²) in [7, 11) is -3.76. The number of aromatic nitrogens is 1. The quantitative estimate of drug-likeness (QED) is 0.597. The fourth-order valence-corrected chi connectivity index (χ4v) is 4.83. The summed E-state index contributed by atoms with van der Waals surface area (Å²) in [5, 5.41) is 3.06. The molecule has 2 aromatic rings. The molecule has 0 saturated heterocycles. The minimum Gasteiger partial charge on any atom is -0.353 e. The van der Waals surface area contributed by atoms with Gasteiger partial charge in [-0.1, -0.05) is 24.3 Å². The number of anilines is 1. The van der Waals surface area contributed by atoms with Crippen LogP contribution in [0.1, 0.15) is 44.7 Å². The van der Waals surface area contributed by atoms with Crippen LogP contribution in [0.4, 0.5) is 10.2 Å². The van der Waals surface area contributed by atoms with Gasteiger partial charge in [-0.25, -0.2) is 9.37 Å². The molecule has 1 aromatic heterocycles. The predicted octanol–water partition coefficient (Wildman–Crippen LogP) is 5.68. The molecule has 0 radical (unpaired) electrons. The second-order valence-electron chi connectivity index (χ2n) is 6.58. The van der Waals surface area contributed by atoms with Crippen molar-refractivity contribution in [1.82, 2.24) is 4.98 Å². The van der Waals surface area contributed by atoms with Crippen molar-refractivity contribution < 1.29 is 18.0 Å². The lowest BCUT2D eigenvalue weighted by molar-refractivity contribution is 0.137. The third kappa shape index (κ3) is 5.37. The number of benzene rings is 1. The normalized spacial score (nSPS) is 13.2. The van der Waals surface area contributed by atoms with Gasteiger partial charge >= 0.3 is 7.60 Å². The van der Waals surface area contributed by atoms with E-state index in [0.29, 0.717) is 5.82 Å². The van der Waals surface area contributed by atoms with Crippen molar-refractivity contribution in [3.8, 4) is 0 Å². The minimum atomic E-state index is -3.76. The zero-order valence-corrected chi connectivity index (χ0v) is 16.7. The van der Waals surface area contributed by atoms with Crippen LogP contribution in [0.25, 0.3) is 0 Å². The van der Waals surface area contributed by atoms with E-state index in [1.54, 1.807) is 52.0 Å². The first-order valence-electron chi connectivity index (χ1n) is 8.62. The second kappa shape index (κ2) is 8.76. The topological polar surface area (TPSA) is 60.5 Å². The third-order valence-electron chi connectivity index (χ3n) is 3.40. The molecule has 0 amide bonds. The molecule has 26 heavy (non-hydrogen) atoms. The van der Waals surface area contributed by atoms with E-state index in [4.69, 9.17) is 9.05 Å². The van der Waals surface area contributed by atoms with Crippen molar-refractivity contribution in [3.63, 3.8) is 0 Å². The predicted molar refractivity (Wildman–Crippen MR) is 102 cm³/mol. The number of nitrogens with zero attached hydrogens (tertiary/aromatic N) is 1.